The van der Waals surface area contributed by atoms with Crippen molar-refractivity contribution in [3.63, 3.8) is 0 Å². The van der Waals surface area contributed by atoms with Crippen LogP contribution in [0.3, 0.4) is 0 Å². The van der Waals surface area contributed by atoms with E-state index in [1.165, 1.54) is 0 Å². The van der Waals surface area contributed by atoms with E-state index in [1.807, 2.05) is 0 Å². The minimum Gasteiger partial charge on any atom is -0.481 e. The van der Waals surface area contributed by atoms with Gasteiger partial charge in [-0.3, -0.25) is 9.59 Å². The second-order valence-electron chi connectivity index (χ2n) is 2.80. The molecular weight excluding hydrogens is 204 g/mol. The number of ether oxygens (including phenoxy) is 1. The highest BCUT2D eigenvalue weighted by Gasteiger charge is 2.20. The molecule has 0 aromatic carbocycles. The van der Waals surface area contributed by atoms with E-state index in [9.17, 15) is 14.4 Å². The van der Waals surface area contributed by atoms with Crippen LogP contribution in [0.25, 0.3) is 0 Å². The minimum atomic E-state index is -1.19. The zero-order valence-corrected chi connectivity index (χ0v) is 8.01. The lowest BCUT2D eigenvalue weighted by Gasteiger charge is -2.10. The zero-order chi connectivity index (χ0) is 11.8. The van der Waals surface area contributed by atoms with Gasteiger partial charge in [0, 0.05) is 12.5 Å². The maximum Gasteiger partial charge on any atom is 0.330 e. The predicted octanol–water partition coefficient (Wildman–Crippen LogP) is 0.281. The van der Waals surface area contributed by atoms with Crippen LogP contribution < -0.4 is 0 Å². The van der Waals surface area contributed by atoms with Crippen molar-refractivity contribution in [3.05, 3.63) is 12.7 Å². The first-order chi connectivity index (χ1) is 6.97. The molecule has 0 aliphatic carbocycles. The molecule has 1 unspecified atom stereocenters. The normalized spacial score (nSPS) is 11.5. The highest BCUT2D eigenvalue weighted by atomic mass is 16.5. The second-order valence-corrected chi connectivity index (χ2v) is 2.80. The maximum absolute atomic E-state index is 10.6. The van der Waals surface area contributed by atoms with Gasteiger partial charge in [0.15, 0.2) is 0 Å². The topological polar surface area (TPSA) is 101 Å². The number of aliphatic carboxylic acids is 2. The number of carboxylic acid groups (broad SMARTS) is 2. The van der Waals surface area contributed by atoms with Gasteiger partial charge in [0.25, 0.3) is 0 Å². The highest BCUT2D eigenvalue weighted by molar-refractivity contribution is 5.81. The predicted molar refractivity (Wildman–Crippen MR) is 49.2 cm³/mol. The highest BCUT2D eigenvalue weighted by Crippen LogP contribution is 2.07. The van der Waals surface area contributed by atoms with Crippen LogP contribution in [0, 0.1) is 5.92 Å². The first kappa shape index (κ1) is 13.2. The molecule has 15 heavy (non-hydrogen) atoms. The fourth-order valence-corrected chi connectivity index (χ4v) is 0.817. The second kappa shape index (κ2) is 6.58. The van der Waals surface area contributed by atoms with E-state index in [4.69, 9.17) is 10.2 Å². The summed E-state index contributed by atoms with van der Waals surface area (Å²) in [5, 5.41) is 17.0. The molecule has 0 radical (unpaired) electrons. The van der Waals surface area contributed by atoms with Gasteiger partial charge in [-0.2, -0.15) is 0 Å². The van der Waals surface area contributed by atoms with Gasteiger partial charge in [0.1, 0.15) is 6.61 Å². The van der Waals surface area contributed by atoms with Crippen LogP contribution in [-0.2, 0) is 19.1 Å². The van der Waals surface area contributed by atoms with E-state index < -0.39 is 23.8 Å². The number of carbonyl (C=O) groups is 3. The van der Waals surface area contributed by atoms with E-state index in [0.717, 1.165) is 6.08 Å². The standard InChI is InChI=1S/C9H12O6/c1-2-8(12)15-5-6(9(13)14)3-4-7(10)11/h2,6H,1,3-5H2,(H,10,11)(H,13,14). The Morgan fingerprint density at radius 2 is 1.93 bits per heavy atom. The molecule has 0 aliphatic rings. The largest absolute Gasteiger partial charge is 0.481 e. The average Bonchev–Trinajstić information content (AvgIpc) is 2.16. The molecule has 0 amide bonds. The van der Waals surface area contributed by atoms with Gasteiger partial charge >= 0.3 is 17.9 Å². The zero-order valence-electron chi connectivity index (χ0n) is 8.01. The first-order valence-corrected chi connectivity index (χ1v) is 4.21. The molecule has 0 bridgehead atoms. The number of hydrogen-bond acceptors (Lipinski definition) is 4. The average molecular weight is 216 g/mol. The van der Waals surface area contributed by atoms with E-state index in [2.05, 4.69) is 11.3 Å². The van der Waals surface area contributed by atoms with Gasteiger partial charge in [-0.05, 0) is 6.42 Å². The van der Waals surface area contributed by atoms with Crippen molar-refractivity contribution in [1.29, 1.82) is 0 Å². The lowest BCUT2D eigenvalue weighted by molar-refractivity contribution is -0.148. The number of carbonyl (C=O) groups excluding carboxylic acids is 1. The molecule has 0 rings (SSSR count). The smallest absolute Gasteiger partial charge is 0.330 e. The molecule has 0 spiro atoms. The van der Waals surface area contributed by atoms with Gasteiger partial charge in [0.2, 0.25) is 0 Å². The summed E-state index contributed by atoms with van der Waals surface area (Å²) in [6.07, 6.45) is 0.563. The Morgan fingerprint density at radius 3 is 2.33 bits per heavy atom. The monoisotopic (exact) mass is 216 g/mol. The molecular formula is C9H12O6. The molecule has 0 fully saturated rings. The number of hydrogen-bond donors (Lipinski definition) is 2. The molecule has 84 valence electrons. The molecule has 0 saturated carbocycles. The Balaban J connectivity index is 4.04. The van der Waals surface area contributed by atoms with Gasteiger partial charge in [0.05, 0.1) is 5.92 Å². The Bertz CT molecular complexity index is 270. The van der Waals surface area contributed by atoms with Crippen LogP contribution >= 0.6 is 0 Å². The van der Waals surface area contributed by atoms with Crippen LogP contribution in [0.15, 0.2) is 12.7 Å². The third-order valence-electron chi connectivity index (χ3n) is 1.65. The van der Waals surface area contributed by atoms with Crippen LogP contribution in [0.4, 0.5) is 0 Å². The van der Waals surface area contributed by atoms with Gasteiger partial charge in [-0.15, -0.1) is 0 Å². The van der Waals surface area contributed by atoms with E-state index >= 15 is 0 Å². The lowest BCUT2D eigenvalue weighted by atomic mass is 10.1. The van der Waals surface area contributed by atoms with Gasteiger partial charge < -0.3 is 14.9 Å². The molecule has 1 atom stereocenters. The summed E-state index contributed by atoms with van der Waals surface area (Å²) in [7, 11) is 0. The molecule has 0 aromatic rings. The molecule has 2 N–H and O–H groups in total. The number of rotatable bonds is 7. The molecule has 0 aliphatic heterocycles. The van der Waals surface area contributed by atoms with E-state index in [1.54, 1.807) is 0 Å². The summed E-state index contributed by atoms with van der Waals surface area (Å²) in [6, 6.07) is 0. The summed E-state index contributed by atoms with van der Waals surface area (Å²) in [5.74, 6) is -3.99. The van der Waals surface area contributed by atoms with Crippen LogP contribution in [-0.4, -0.2) is 34.7 Å². The van der Waals surface area contributed by atoms with Crippen molar-refractivity contribution < 1.29 is 29.3 Å². The van der Waals surface area contributed by atoms with Crippen molar-refractivity contribution in [3.8, 4) is 0 Å². The van der Waals surface area contributed by atoms with Crippen LogP contribution in [0.1, 0.15) is 12.8 Å². The Labute approximate surface area is 86.2 Å². The summed E-state index contributed by atoms with van der Waals surface area (Å²) < 4.78 is 4.52. The molecule has 0 aromatic heterocycles. The van der Waals surface area contributed by atoms with E-state index in [-0.39, 0.29) is 19.4 Å². The van der Waals surface area contributed by atoms with Crippen LogP contribution in [0.2, 0.25) is 0 Å². The summed E-state index contributed by atoms with van der Waals surface area (Å²) in [5.41, 5.74) is 0. The third-order valence-corrected chi connectivity index (χ3v) is 1.65. The molecule has 6 nitrogen and oxygen atoms in total. The Morgan fingerprint density at radius 1 is 1.33 bits per heavy atom. The SMILES string of the molecule is C=CC(=O)OCC(CCC(=O)O)C(=O)O. The van der Waals surface area contributed by atoms with Crippen molar-refractivity contribution in [2.45, 2.75) is 12.8 Å². The number of esters is 1. The molecule has 6 heteroatoms. The fraction of sp³-hybridized carbons (Fsp3) is 0.444. The van der Waals surface area contributed by atoms with Gasteiger partial charge in [-0.25, -0.2) is 4.79 Å². The van der Waals surface area contributed by atoms with Gasteiger partial charge in [-0.1, -0.05) is 6.58 Å². The first-order valence-electron chi connectivity index (χ1n) is 4.21. The van der Waals surface area contributed by atoms with E-state index in [0.29, 0.717) is 0 Å². The lowest BCUT2D eigenvalue weighted by Crippen LogP contribution is -2.22. The quantitative estimate of drug-likeness (QED) is 0.468. The minimum absolute atomic E-state index is 0.0743. The molecule has 0 heterocycles. The summed E-state index contributed by atoms with van der Waals surface area (Å²) >= 11 is 0. The fourth-order valence-electron chi connectivity index (χ4n) is 0.817. The Kier molecular flexibility index (Phi) is 5.77. The van der Waals surface area contributed by atoms with Crippen molar-refractivity contribution >= 4 is 17.9 Å². The third kappa shape index (κ3) is 6.25. The molecule has 0 saturated heterocycles. The number of carboxylic acids is 2. The van der Waals surface area contributed by atoms with Crippen molar-refractivity contribution in [1.82, 2.24) is 0 Å². The summed E-state index contributed by atoms with van der Waals surface area (Å²) in [4.78, 5) is 31.4. The van der Waals surface area contributed by atoms with Crippen molar-refractivity contribution in [2.24, 2.45) is 5.92 Å². The Hall–Kier alpha value is -1.85. The maximum atomic E-state index is 10.6. The van der Waals surface area contributed by atoms with Crippen molar-refractivity contribution in [2.75, 3.05) is 6.61 Å². The van der Waals surface area contributed by atoms with Crippen LogP contribution in [0.5, 0.6) is 0 Å². The summed E-state index contributed by atoms with van der Waals surface area (Å²) in [6.45, 7) is 2.80.